The highest BCUT2D eigenvalue weighted by molar-refractivity contribution is 7.09. The van der Waals surface area contributed by atoms with E-state index in [1.165, 1.54) is 6.20 Å². The van der Waals surface area contributed by atoms with Crippen LogP contribution in [0, 0.1) is 0 Å². The second-order valence-corrected chi connectivity index (χ2v) is 3.82. The molecule has 0 aliphatic rings. The number of hydrogen-bond donors (Lipinski definition) is 2. The number of carbonyl (C=O) groups is 1. The number of hydrogen-bond acceptors (Lipinski definition) is 7. The molecule has 2 aromatic rings. The first-order chi connectivity index (χ1) is 8.29. The monoisotopic (exact) mass is 250 g/mol. The summed E-state index contributed by atoms with van der Waals surface area (Å²) in [6, 6.07) is 3.44. The Morgan fingerprint density at radius 2 is 2.35 bits per heavy atom. The maximum absolute atomic E-state index is 11.7. The summed E-state index contributed by atoms with van der Waals surface area (Å²) in [5, 5.41) is 13.0. The Hall–Kier alpha value is -2.09. The second-order valence-electron chi connectivity index (χ2n) is 3.08. The zero-order chi connectivity index (χ0) is 12.1. The van der Waals surface area contributed by atoms with E-state index < -0.39 is 0 Å². The molecule has 0 saturated heterocycles. The van der Waals surface area contributed by atoms with Crippen molar-refractivity contribution in [3.63, 3.8) is 0 Å². The summed E-state index contributed by atoms with van der Waals surface area (Å²) in [6.45, 7) is 2.76. The van der Waals surface area contributed by atoms with Crippen molar-refractivity contribution in [2.24, 2.45) is 0 Å². The van der Waals surface area contributed by atoms with Crippen LogP contribution in [-0.2, 0) is 0 Å². The van der Waals surface area contributed by atoms with Crippen molar-refractivity contribution in [2.75, 3.05) is 17.2 Å². The van der Waals surface area contributed by atoms with Crippen molar-refractivity contribution in [2.45, 2.75) is 6.92 Å². The van der Waals surface area contributed by atoms with Gasteiger partial charge in [-0.05, 0) is 24.3 Å². The molecule has 0 fully saturated rings. The van der Waals surface area contributed by atoms with Gasteiger partial charge in [0.2, 0.25) is 5.13 Å². The smallest absolute Gasteiger partial charge is 0.259 e. The van der Waals surface area contributed by atoms with Crippen LogP contribution < -0.4 is 10.6 Å². The Morgan fingerprint density at radius 1 is 1.47 bits per heavy atom. The van der Waals surface area contributed by atoms with E-state index in [9.17, 15) is 4.79 Å². The van der Waals surface area contributed by atoms with Gasteiger partial charge in [0.05, 0.1) is 5.56 Å². The molecule has 0 aliphatic carbocycles. The van der Waals surface area contributed by atoms with E-state index in [0.29, 0.717) is 10.7 Å². The Kier molecular flexibility index (Phi) is 3.55. The van der Waals surface area contributed by atoms with Gasteiger partial charge in [0, 0.05) is 24.3 Å². The van der Waals surface area contributed by atoms with E-state index in [4.69, 9.17) is 0 Å². The average molecular weight is 250 g/mol. The number of carbonyl (C=O) groups excluding carboxylic acids is 1. The Labute approximate surface area is 101 Å². The predicted octanol–water partition coefficient (Wildman–Crippen LogP) is 1.01. The van der Waals surface area contributed by atoms with Gasteiger partial charge in [0.15, 0.2) is 0 Å². The molecule has 2 rings (SSSR count). The maximum atomic E-state index is 11.7. The molecule has 0 atom stereocenters. The predicted molar refractivity (Wildman–Crippen MR) is 64.1 cm³/mol. The highest BCUT2D eigenvalue weighted by atomic mass is 32.1. The number of amides is 1. The van der Waals surface area contributed by atoms with Crippen molar-refractivity contribution in [1.29, 1.82) is 0 Å². The standard InChI is InChI=1S/C9H10N6OS/c1-2-10-7-4-3-6(5-11-7)8(16)12-9-13-14-15-17-9/h3-5H,2H2,1H3,(H,10,11)(H,12,13,15,16). The third-order valence-electron chi connectivity index (χ3n) is 1.90. The van der Waals surface area contributed by atoms with E-state index in [-0.39, 0.29) is 5.91 Å². The van der Waals surface area contributed by atoms with Crippen LogP contribution in [0.2, 0.25) is 0 Å². The van der Waals surface area contributed by atoms with Gasteiger partial charge in [-0.25, -0.2) is 4.98 Å². The first-order valence-electron chi connectivity index (χ1n) is 4.96. The number of anilines is 2. The van der Waals surface area contributed by atoms with Crippen molar-refractivity contribution in [3.05, 3.63) is 23.9 Å². The van der Waals surface area contributed by atoms with Crippen molar-refractivity contribution in [1.82, 2.24) is 19.8 Å². The van der Waals surface area contributed by atoms with Gasteiger partial charge in [0.25, 0.3) is 5.91 Å². The number of nitrogens with one attached hydrogen (secondary N) is 2. The third kappa shape index (κ3) is 2.94. The van der Waals surface area contributed by atoms with Crippen molar-refractivity contribution < 1.29 is 4.79 Å². The molecule has 0 radical (unpaired) electrons. The lowest BCUT2D eigenvalue weighted by Gasteiger charge is -2.03. The third-order valence-corrected chi connectivity index (χ3v) is 2.41. The van der Waals surface area contributed by atoms with E-state index in [0.717, 1.165) is 23.9 Å². The normalized spacial score (nSPS) is 9.94. The quantitative estimate of drug-likeness (QED) is 0.841. The summed E-state index contributed by atoms with van der Waals surface area (Å²) < 4.78 is 3.55. The molecule has 0 aliphatic heterocycles. The molecule has 0 unspecified atom stereocenters. The van der Waals surface area contributed by atoms with Crippen LogP contribution in [0.25, 0.3) is 0 Å². The van der Waals surface area contributed by atoms with E-state index in [1.807, 2.05) is 6.92 Å². The molecular weight excluding hydrogens is 240 g/mol. The van der Waals surface area contributed by atoms with Gasteiger partial charge >= 0.3 is 0 Å². The Balaban J connectivity index is 2.04. The molecule has 7 nitrogen and oxygen atoms in total. The van der Waals surface area contributed by atoms with Crippen molar-refractivity contribution >= 4 is 28.4 Å². The van der Waals surface area contributed by atoms with Gasteiger partial charge in [-0.3, -0.25) is 10.1 Å². The topological polar surface area (TPSA) is 92.7 Å². The van der Waals surface area contributed by atoms with E-state index >= 15 is 0 Å². The summed E-state index contributed by atoms with van der Waals surface area (Å²) in [5.41, 5.74) is 0.460. The molecule has 0 saturated carbocycles. The Morgan fingerprint density at radius 3 is 2.94 bits per heavy atom. The molecule has 8 heteroatoms. The summed E-state index contributed by atoms with van der Waals surface area (Å²) in [5.74, 6) is 0.459. The molecule has 2 N–H and O–H groups in total. The lowest BCUT2D eigenvalue weighted by Crippen LogP contribution is -2.12. The fourth-order valence-electron chi connectivity index (χ4n) is 1.17. The number of aromatic nitrogens is 4. The molecule has 1 amide bonds. The number of rotatable bonds is 4. The van der Waals surface area contributed by atoms with Crippen LogP contribution in [0.5, 0.6) is 0 Å². The SMILES string of the molecule is CCNc1ccc(C(=O)Nc2nnns2)cn1. The minimum Gasteiger partial charge on any atom is -0.370 e. The minimum atomic E-state index is -0.279. The summed E-state index contributed by atoms with van der Waals surface area (Å²) in [6.07, 6.45) is 1.50. The Bertz CT molecular complexity index is 483. The highest BCUT2D eigenvalue weighted by Crippen LogP contribution is 2.09. The lowest BCUT2D eigenvalue weighted by atomic mass is 10.2. The summed E-state index contributed by atoms with van der Waals surface area (Å²) >= 11 is 1.02. The average Bonchev–Trinajstić information content (AvgIpc) is 2.83. The van der Waals surface area contributed by atoms with Crippen LogP contribution in [0.4, 0.5) is 10.9 Å². The molecule has 88 valence electrons. The molecule has 0 aromatic carbocycles. The van der Waals surface area contributed by atoms with Crippen LogP contribution in [-0.4, -0.2) is 32.2 Å². The van der Waals surface area contributed by atoms with Crippen LogP contribution in [0.3, 0.4) is 0 Å². The molecule has 0 bridgehead atoms. The second kappa shape index (κ2) is 5.30. The number of nitrogens with zero attached hydrogens (tertiary/aromatic N) is 4. The minimum absolute atomic E-state index is 0.279. The first kappa shape index (κ1) is 11.4. The fraction of sp³-hybridized carbons (Fsp3) is 0.222. The van der Waals surface area contributed by atoms with E-state index in [1.54, 1.807) is 12.1 Å². The van der Waals surface area contributed by atoms with Crippen LogP contribution >= 0.6 is 11.5 Å². The maximum Gasteiger partial charge on any atom is 0.259 e. The molecule has 17 heavy (non-hydrogen) atoms. The molecule has 2 aromatic heterocycles. The zero-order valence-corrected chi connectivity index (χ0v) is 9.86. The van der Waals surface area contributed by atoms with Gasteiger partial charge in [-0.2, -0.15) is 0 Å². The van der Waals surface area contributed by atoms with Crippen LogP contribution in [0.15, 0.2) is 18.3 Å². The van der Waals surface area contributed by atoms with Crippen molar-refractivity contribution in [3.8, 4) is 0 Å². The number of pyridine rings is 1. The van der Waals surface area contributed by atoms with E-state index in [2.05, 4.69) is 30.4 Å². The highest BCUT2D eigenvalue weighted by Gasteiger charge is 2.08. The van der Waals surface area contributed by atoms with Gasteiger partial charge in [-0.15, -0.1) is 0 Å². The lowest BCUT2D eigenvalue weighted by molar-refractivity contribution is 0.102. The largest absolute Gasteiger partial charge is 0.370 e. The van der Waals surface area contributed by atoms with Crippen LogP contribution in [0.1, 0.15) is 17.3 Å². The zero-order valence-electron chi connectivity index (χ0n) is 9.04. The van der Waals surface area contributed by atoms with Gasteiger partial charge < -0.3 is 5.32 Å². The first-order valence-corrected chi connectivity index (χ1v) is 5.73. The fourth-order valence-corrected chi connectivity index (χ4v) is 1.53. The molecule has 2 heterocycles. The van der Waals surface area contributed by atoms with Gasteiger partial charge in [0.1, 0.15) is 5.82 Å². The molecule has 0 spiro atoms. The van der Waals surface area contributed by atoms with Gasteiger partial charge in [-0.1, -0.05) is 9.59 Å². The summed E-state index contributed by atoms with van der Waals surface area (Å²) in [4.78, 5) is 15.8. The molecular formula is C9H10N6OS. The summed E-state index contributed by atoms with van der Waals surface area (Å²) in [7, 11) is 0.